The van der Waals surface area contributed by atoms with Crippen LogP contribution in [0.15, 0.2) is 34.6 Å². The molecule has 0 bridgehead atoms. The Balaban J connectivity index is 2.38. The Kier molecular flexibility index (Phi) is 11.9. The highest BCUT2D eigenvalue weighted by molar-refractivity contribution is 5.89. The van der Waals surface area contributed by atoms with Gasteiger partial charge in [-0.25, -0.2) is 0 Å². The number of rotatable bonds is 16. The number of phenolic OH excluding ortho intramolecular Hbond substituents is 1. The van der Waals surface area contributed by atoms with Crippen LogP contribution in [-0.4, -0.2) is 22.9 Å². The quantitative estimate of drug-likeness (QED) is 0.211. The van der Waals surface area contributed by atoms with Crippen molar-refractivity contribution in [3.63, 3.8) is 0 Å². The Morgan fingerprint density at radius 1 is 0.909 bits per heavy atom. The Morgan fingerprint density at radius 3 is 2.27 bits per heavy atom. The molecule has 1 aromatic heterocycles. The molecule has 0 aliphatic rings. The summed E-state index contributed by atoms with van der Waals surface area (Å²) in [7, 11) is 0. The van der Waals surface area contributed by atoms with Crippen molar-refractivity contribution >= 4 is 10.9 Å². The minimum absolute atomic E-state index is 0.144. The minimum Gasteiger partial charge on any atom is -0.508 e. The van der Waals surface area contributed by atoms with E-state index in [1.54, 1.807) is 16.7 Å². The summed E-state index contributed by atoms with van der Waals surface area (Å²) in [5.74, 6) is 0.908. The molecule has 5 heteroatoms. The molecule has 0 fully saturated rings. The first-order valence-electron chi connectivity index (χ1n) is 12.8. The van der Waals surface area contributed by atoms with E-state index in [9.17, 15) is 9.90 Å². The molecule has 0 amide bonds. The highest BCUT2D eigenvalue weighted by Crippen LogP contribution is 2.35. The molecule has 33 heavy (non-hydrogen) atoms. The predicted molar refractivity (Wildman–Crippen MR) is 138 cm³/mol. The average Bonchev–Trinajstić information content (AvgIpc) is 2.78. The maximum atomic E-state index is 13.5. The predicted octanol–water partition coefficient (Wildman–Crippen LogP) is 7.37. The molecular weight excluding hydrogens is 414 g/mol. The highest BCUT2D eigenvalue weighted by Gasteiger charge is 2.20. The van der Waals surface area contributed by atoms with Gasteiger partial charge in [-0.15, -0.1) is 0 Å². The van der Waals surface area contributed by atoms with Gasteiger partial charge in [-0.05, 0) is 44.9 Å². The van der Waals surface area contributed by atoms with Gasteiger partial charge in [0.05, 0.1) is 12.1 Å². The van der Waals surface area contributed by atoms with Gasteiger partial charge in [0.1, 0.15) is 12.4 Å². The minimum atomic E-state index is -0.188. The molecular formula is C28H43NO4. The van der Waals surface area contributed by atoms with Crippen molar-refractivity contribution in [2.45, 2.75) is 98.4 Å². The number of aromatic nitrogens is 1. The van der Waals surface area contributed by atoms with E-state index in [0.717, 1.165) is 43.1 Å². The lowest BCUT2D eigenvalue weighted by molar-refractivity contribution is 0.275. The summed E-state index contributed by atoms with van der Waals surface area (Å²) in [4.78, 5) is 13.5. The van der Waals surface area contributed by atoms with Crippen molar-refractivity contribution in [3.05, 3.63) is 40.2 Å². The zero-order chi connectivity index (χ0) is 24.1. The zero-order valence-corrected chi connectivity index (χ0v) is 21.1. The first-order chi connectivity index (χ1) is 16.0. The van der Waals surface area contributed by atoms with Gasteiger partial charge in [-0.2, -0.15) is 0 Å². The second-order valence-corrected chi connectivity index (χ2v) is 9.09. The van der Waals surface area contributed by atoms with Crippen LogP contribution in [0.2, 0.25) is 0 Å². The molecule has 1 heterocycles. The second-order valence-electron chi connectivity index (χ2n) is 9.09. The second kappa shape index (κ2) is 14.7. The van der Waals surface area contributed by atoms with Crippen LogP contribution in [-0.2, 0) is 6.54 Å². The van der Waals surface area contributed by atoms with Gasteiger partial charge in [-0.1, -0.05) is 70.8 Å². The van der Waals surface area contributed by atoms with E-state index in [1.807, 2.05) is 26.0 Å². The number of hydrogen-bond acceptors (Lipinski definition) is 4. The van der Waals surface area contributed by atoms with E-state index < -0.39 is 0 Å². The molecule has 0 radical (unpaired) electrons. The molecule has 0 aliphatic carbocycles. The van der Waals surface area contributed by atoms with Crippen molar-refractivity contribution in [3.8, 4) is 17.2 Å². The standard InChI is InChI=1S/C28H43NO4/c1-5-7-9-11-12-13-18-29-25-21-23(30)15-16-24(25)26(32-19-14-10-8-6-2)27(28(29)31)33-20-17-22(3)4/h15-17,21,30H,5-14,18-20H2,1-4H3. The normalized spacial score (nSPS) is 11.0. The van der Waals surface area contributed by atoms with E-state index in [2.05, 4.69) is 13.8 Å². The summed E-state index contributed by atoms with van der Waals surface area (Å²) in [5.41, 5.74) is 1.65. The zero-order valence-electron chi connectivity index (χ0n) is 21.1. The average molecular weight is 458 g/mol. The maximum absolute atomic E-state index is 13.5. The number of unbranched alkanes of at least 4 members (excludes halogenated alkanes) is 8. The van der Waals surface area contributed by atoms with Gasteiger partial charge < -0.3 is 19.1 Å². The van der Waals surface area contributed by atoms with Crippen LogP contribution in [0.1, 0.15) is 91.9 Å². The lowest BCUT2D eigenvalue weighted by atomic mass is 10.1. The number of fused-ring (bicyclic) bond motifs is 1. The number of benzene rings is 1. The SMILES string of the molecule is CCCCCCCCn1c(=O)c(OCC=C(C)C)c(OCCCCCC)c2ccc(O)cc21. The van der Waals surface area contributed by atoms with Crippen LogP contribution >= 0.6 is 0 Å². The molecule has 184 valence electrons. The topological polar surface area (TPSA) is 60.7 Å². The summed E-state index contributed by atoms with van der Waals surface area (Å²) < 4.78 is 13.9. The van der Waals surface area contributed by atoms with Crippen molar-refractivity contribution in [1.29, 1.82) is 0 Å². The first-order valence-corrected chi connectivity index (χ1v) is 12.8. The van der Waals surface area contributed by atoms with Crippen molar-refractivity contribution < 1.29 is 14.6 Å². The molecule has 2 aromatic rings. The monoisotopic (exact) mass is 457 g/mol. The molecule has 1 aromatic carbocycles. The number of aryl methyl sites for hydroxylation is 1. The van der Waals surface area contributed by atoms with Crippen LogP contribution in [0.25, 0.3) is 10.9 Å². The van der Waals surface area contributed by atoms with Crippen LogP contribution in [0, 0.1) is 0 Å². The fourth-order valence-corrected chi connectivity index (χ4v) is 3.92. The summed E-state index contributed by atoms with van der Waals surface area (Å²) in [6, 6.07) is 5.14. The van der Waals surface area contributed by atoms with Crippen molar-refractivity contribution in [1.82, 2.24) is 4.57 Å². The van der Waals surface area contributed by atoms with Crippen molar-refractivity contribution in [2.75, 3.05) is 13.2 Å². The van der Waals surface area contributed by atoms with E-state index in [-0.39, 0.29) is 17.1 Å². The summed E-state index contributed by atoms with van der Waals surface area (Å²) in [6.07, 6.45) is 13.2. The van der Waals surface area contributed by atoms with Gasteiger partial charge in [0.15, 0.2) is 5.75 Å². The van der Waals surface area contributed by atoms with Gasteiger partial charge in [0.25, 0.3) is 5.56 Å². The molecule has 0 saturated carbocycles. The number of pyridine rings is 1. The van der Waals surface area contributed by atoms with Crippen LogP contribution in [0.3, 0.4) is 0 Å². The van der Waals surface area contributed by atoms with Crippen LogP contribution < -0.4 is 15.0 Å². The molecule has 0 unspecified atom stereocenters. The smallest absolute Gasteiger partial charge is 0.297 e. The molecule has 0 saturated heterocycles. The number of phenols is 1. The maximum Gasteiger partial charge on any atom is 0.297 e. The summed E-state index contributed by atoms with van der Waals surface area (Å²) in [5, 5.41) is 11.0. The Labute approximate surface area is 199 Å². The fraction of sp³-hybridized carbons (Fsp3) is 0.607. The van der Waals surface area contributed by atoms with E-state index >= 15 is 0 Å². The lowest BCUT2D eigenvalue weighted by Crippen LogP contribution is -2.24. The molecule has 2 rings (SSSR count). The third kappa shape index (κ3) is 8.45. The molecule has 0 aliphatic heterocycles. The van der Waals surface area contributed by atoms with Crippen LogP contribution in [0.5, 0.6) is 17.2 Å². The lowest BCUT2D eigenvalue weighted by Gasteiger charge is -2.19. The number of aromatic hydroxyl groups is 1. The highest BCUT2D eigenvalue weighted by atomic mass is 16.5. The third-order valence-electron chi connectivity index (χ3n) is 5.86. The van der Waals surface area contributed by atoms with Gasteiger partial charge >= 0.3 is 0 Å². The van der Waals surface area contributed by atoms with E-state index in [4.69, 9.17) is 9.47 Å². The largest absolute Gasteiger partial charge is 0.508 e. The third-order valence-corrected chi connectivity index (χ3v) is 5.86. The van der Waals surface area contributed by atoms with Gasteiger partial charge in [-0.3, -0.25) is 4.79 Å². The molecule has 0 atom stereocenters. The Morgan fingerprint density at radius 2 is 1.58 bits per heavy atom. The number of hydrogen-bond donors (Lipinski definition) is 1. The van der Waals surface area contributed by atoms with E-state index in [0.29, 0.717) is 31.0 Å². The van der Waals surface area contributed by atoms with Gasteiger partial charge in [0, 0.05) is 18.0 Å². The van der Waals surface area contributed by atoms with Crippen LogP contribution in [0.4, 0.5) is 0 Å². The molecule has 5 nitrogen and oxygen atoms in total. The molecule has 0 spiro atoms. The fourth-order valence-electron chi connectivity index (χ4n) is 3.92. The number of nitrogens with zero attached hydrogens (tertiary/aromatic N) is 1. The number of ether oxygens (including phenoxy) is 2. The number of allylic oxidation sites excluding steroid dienone is 1. The summed E-state index contributed by atoms with van der Waals surface area (Å²) >= 11 is 0. The van der Waals surface area contributed by atoms with Crippen molar-refractivity contribution in [2.24, 2.45) is 0 Å². The Hall–Kier alpha value is -2.43. The molecule has 1 N–H and O–H groups in total. The first kappa shape index (κ1) is 26.8. The van der Waals surface area contributed by atoms with E-state index in [1.165, 1.54) is 32.1 Å². The van der Waals surface area contributed by atoms with Gasteiger partial charge in [0.2, 0.25) is 5.75 Å². The Bertz CT molecular complexity index is 941. The summed E-state index contributed by atoms with van der Waals surface area (Å²) in [6.45, 7) is 9.87.